The van der Waals surface area contributed by atoms with Crippen LogP contribution >= 0.6 is 0 Å². The first-order valence-electron chi connectivity index (χ1n) is 10.1. The fraction of sp³-hybridized carbons (Fsp3) is 0.714. The second-order valence-electron chi connectivity index (χ2n) is 9.43. The number of nitrogens with zero attached hydrogens (tertiary/aromatic N) is 2. The lowest BCUT2D eigenvalue weighted by Gasteiger charge is -2.57. The first-order valence-corrected chi connectivity index (χ1v) is 10.1. The van der Waals surface area contributed by atoms with Crippen LogP contribution in [0.15, 0.2) is 18.3 Å². The maximum atomic E-state index is 13.0. The maximum Gasteiger partial charge on any atom is 0.253 e. The number of aromatic nitrogens is 1. The van der Waals surface area contributed by atoms with Crippen LogP contribution in [0.4, 0.5) is 5.82 Å². The van der Waals surface area contributed by atoms with Crippen molar-refractivity contribution in [2.45, 2.75) is 57.4 Å². The molecule has 5 aliphatic carbocycles. The highest BCUT2D eigenvalue weighted by Crippen LogP contribution is 2.60. The highest BCUT2D eigenvalue weighted by Gasteiger charge is 2.51. The van der Waals surface area contributed by atoms with Gasteiger partial charge in [0.15, 0.2) is 0 Å². The number of carbonyl (C=O) groups excluding carboxylic acids is 1. The number of pyridine rings is 1. The molecule has 5 aliphatic rings. The number of anilines is 1. The number of hydrogen-bond donors (Lipinski definition) is 1. The first kappa shape index (κ1) is 15.7. The Labute approximate surface area is 150 Å². The topological polar surface area (TPSA) is 45.2 Å². The van der Waals surface area contributed by atoms with E-state index in [1.54, 1.807) is 6.20 Å². The molecule has 6 rings (SSSR count). The van der Waals surface area contributed by atoms with E-state index >= 15 is 0 Å². The zero-order valence-electron chi connectivity index (χ0n) is 15.2. The van der Waals surface area contributed by atoms with Gasteiger partial charge in [-0.15, -0.1) is 0 Å². The van der Waals surface area contributed by atoms with Gasteiger partial charge >= 0.3 is 0 Å². The maximum absolute atomic E-state index is 13.0. The molecule has 1 aromatic heterocycles. The van der Waals surface area contributed by atoms with Crippen LogP contribution in [0.25, 0.3) is 0 Å². The van der Waals surface area contributed by atoms with Crippen LogP contribution in [0.2, 0.25) is 0 Å². The highest BCUT2D eigenvalue weighted by atomic mass is 16.2. The molecule has 134 valence electrons. The van der Waals surface area contributed by atoms with E-state index < -0.39 is 0 Å². The van der Waals surface area contributed by atoms with Crippen LogP contribution in [-0.2, 0) is 0 Å². The van der Waals surface area contributed by atoms with Gasteiger partial charge in [-0.1, -0.05) is 0 Å². The van der Waals surface area contributed by atoms with Crippen LogP contribution in [-0.4, -0.2) is 35.4 Å². The molecule has 0 atom stereocenters. The first-order chi connectivity index (χ1) is 12.1. The van der Waals surface area contributed by atoms with Crippen molar-refractivity contribution in [2.24, 2.45) is 23.2 Å². The minimum atomic E-state index is 0.150. The van der Waals surface area contributed by atoms with Gasteiger partial charge in [-0.05, 0) is 86.7 Å². The van der Waals surface area contributed by atoms with Gasteiger partial charge in [0.25, 0.3) is 5.91 Å². The van der Waals surface area contributed by atoms with Gasteiger partial charge in [0.1, 0.15) is 5.82 Å². The molecule has 0 spiro atoms. The predicted molar refractivity (Wildman–Crippen MR) is 98.4 cm³/mol. The summed E-state index contributed by atoms with van der Waals surface area (Å²) in [7, 11) is 2.00. The standard InChI is InChI=1S/C21H29N3O/c1-24(13-21-10-14-6-15(11-21)8-16(7-14)12-21)20(25)17-4-5-22-19(9-17)23-18-2-3-18/h4-5,9,14-16,18H,2-3,6-8,10-13H2,1H3,(H,22,23). The Morgan fingerprint density at radius 3 is 2.44 bits per heavy atom. The molecule has 1 aromatic rings. The predicted octanol–water partition coefficient (Wildman–Crippen LogP) is 3.94. The smallest absolute Gasteiger partial charge is 0.253 e. The third kappa shape index (κ3) is 3.04. The summed E-state index contributed by atoms with van der Waals surface area (Å²) in [6, 6.07) is 4.34. The number of rotatable bonds is 5. The monoisotopic (exact) mass is 339 g/mol. The van der Waals surface area contributed by atoms with E-state index in [4.69, 9.17) is 0 Å². The van der Waals surface area contributed by atoms with Gasteiger partial charge in [0, 0.05) is 31.4 Å². The van der Waals surface area contributed by atoms with E-state index in [-0.39, 0.29) is 5.91 Å². The Morgan fingerprint density at radius 2 is 1.84 bits per heavy atom. The summed E-state index contributed by atoms with van der Waals surface area (Å²) in [5.74, 6) is 3.80. The second-order valence-corrected chi connectivity index (χ2v) is 9.43. The van der Waals surface area contributed by atoms with Gasteiger partial charge in [-0.25, -0.2) is 4.98 Å². The third-order valence-electron chi connectivity index (χ3n) is 7.02. The van der Waals surface area contributed by atoms with Crippen molar-refractivity contribution in [1.82, 2.24) is 9.88 Å². The van der Waals surface area contributed by atoms with E-state index in [0.29, 0.717) is 11.5 Å². The largest absolute Gasteiger partial charge is 0.367 e. The van der Waals surface area contributed by atoms with Crippen LogP contribution < -0.4 is 5.32 Å². The Morgan fingerprint density at radius 1 is 1.20 bits per heavy atom. The zero-order valence-corrected chi connectivity index (χ0v) is 15.2. The highest BCUT2D eigenvalue weighted by molar-refractivity contribution is 5.94. The molecule has 4 bridgehead atoms. The lowest BCUT2D eigenvalue weighted by Crippen LogP contribution is -2.51. The molecule has 0 unspecified atom stereocenters. The quantitative estimate of drug-likeness (QED) is 0.883. The summed E-state index contributed by atoms with van der Waals surface area (Å²) in [6.07, 6.45) is 12.6. The van der Waals surface area contributed by atoms with Crippen LogP contribution in [0.1, 0.15) is 61.7 Å². The van der Waals surface area contributed by atoms with Crippen molar-refractivity contribution in [3.63, 3.8) is 0 Å². The average Bonchev–Trinajstić information content (AvgIpc) is 3.36. The van der Waals surface area contributed by atoms with Gasteiger partial charge in [-0.3, -0.25) is 4.79 Å². The van der Waals surface area contributed by atoms with E-state index in [9.17, 15) is 4.79 Å². The fourth-order valence-electron chi connectivity index (χ4n) is 6.36. The minimum Gasteiger partial charge on any atom is -0.367 e. The molecule has 4 heteroatoms. The van der Waals surface area contributed by atoms with Gasteiger partial charge in [0.2, 0.25) is 0 Å². The molecule has 0 radical (unpaired) electrons. The van der Waals surface area contributed by atoms with E-state index in [2.05, 4.69) is 10.3 Å². The van der Waals surface area contributed by atoms with Crippen molar-refractivity contribution in [3.05, 3.63) is 23.9 Å². The molecular weight excluding hydrogens is 310 g/mol. The van der Waals surface area contributed by atoms with Gasteiger partial charge in [0.05, 0.1) is 0 Å². The van der Waals surface area contributed by atoms with Crippen LogP contribution in [0.3, 0.4) is 0 Å². The average molecular weight is 339 g/mol. The molecule has 0 aliphatic heterocycles. The third-order valence-corrected chi connectivity index (χ3v) is 7.02. The molecule has 0 saturated heterocycles. The minimum absolute atomic E-state index is 0.150. The summed E-state index contributed by atoms with van der Waals surface area (Å²) in [6.45, 7) is 0.934. The zero-order chi connectivity index (χ0) is 17.0. The number of amides is 1. The second kappa shape index (κ2) is 5.72. The molecular formula is C21H29N3O. The van der Waals surface area contributed by atoms with Crippen LogP contribution in [0, 0.1) is 23.2 Å². The van der Waals surface area contributed by atoms with E-state index in [1.807, 2.05) is 24.1 Å². The van der Waals surface area contributed by atoms with Crippen LogP contribution in [0.5, 0.6) is 0 Å². The van der Waals surface area contributed by atoms with Gasteiger partial charge < -0.3 is 10.2 Å². The molecule has 5 saturated carbocycles. The molecule has 0 aromatic carbocycles. The van der Waals surface area contributed by atoms with Crippen molar-refractivity contribution >= 4 is 11.7 Å². The number of nitrogens with one attached hydrogen (secondary N) is 1. The summed E-state index contributed by atoms with van der Waals surface area (Å²) >= 11 is 0. The number of hydrogen-bond acceptors (Lipinski definition) is 3. The Hall–Kier alpha value is -1.58. The summed E-state index contributed by atoms with van der Waals surface area (Å²) in [5, 5.41) is 3.39. The molecule has 1 amide bonds. The molecule has 5 fully saturated rings. The SMILES string of the molecule is CN(CC12CC3CC(CC(C3)C1)C2)C(=O)c1ccnc(NC2CC2)c1. The Kier molecular flexibility index (Phi) is 3.58. The lowest BCUT2D eigenvalue weighted by atomic mass is 9.49. The molecule has 25 heavy (non-hydrogen) atoms. The van der Waals surface area contributed by atoms with Crippen molar-refractivity contribution in [2.75, 3.05) is 18.9 Å². The van der Waals surface area contributed by atoms with Crippen molar-refractivity contribution < 1.29 is 4.79 Å². The Balaban J connectivity index is 1.29. The van der Waals surface area contributed by atoms with Crippen molar-refractivity contribution in [1.29, 1.82) is 0 Å². The van der Waals surface area contributed by atoms with Crippen molar-refractivity contribution in [3.8, 4) is 0 Å². The molecule has 4 nitrogen and oxygen atoms in total. The molecule has 1 heterocycles. The Bertz CT molecular complexity index is 646. The fourth-order valence-corrected chi connectivity index (χ4v) is 6.36. The lowest BCUT2D eigenvalue weighted by molar-refractivity contribution is -0.0629. The van der Waals surface area contributed by atoms with E-state index in [0.717, 1.165) is 35.7 Å². The summed E-state index contributed by atoms with van der Waals surface area (Å²) in [4.78, 5) is 19.3. The number of carbonyl (C=O) groups is 1. The molecule has 1 N–H and O–H groups in total. The van der Waals surface area contributed by atoms with E-state index in [1.165, 1.54) is 51.4 Å². The van der Waals surface area contributed by atoms with Gasteiger partial charge in [-0.2, -0.15) is 0 Å². The summed E-state index contributed by atoms with van der Waals surface area (Å²) in [5.41, 5.74) is 1.17. The summed E-state index contributed by atoms with van der Waals surface area (Å²) < 4.78 is 0. The normalized spacial score (nSPS) is 35.6.